The molecule has 4 rings (SSSR count). The summed E-state index contributed by atoms with van der Waals surface area (Å²) in [6.07, 6.45) is 1.56. The van der Waals surface area contributed by atoms with Crippen molar-refractivity contribution in [3.8, 4) is 11.4 Å². The fourth-order valence-electron chi connectivity index (χ4n) is 4.72. The smallest absolute Gasteiger partial charge is 0.264 e. The number of methoxy groups -OCH3 is 1. The second kappa shape index (κ2) is 12.2. The van der Waals surface area contributed by atoms with E-state index in [2.05, 4.69) is 41.1 Å². The van der Waals surface area contributed by atoms with Crippen LogP contribution in [-0.2, 0) is 14.8 Å². The van der Waals surface area contributed by atoms with Gasteiger partial charge < -0.3 is 9.30 Å². The Morgan fingerprint density at radius 3 is 2.27 bits per heavy atom. The number of aryl methyl sites for hydroxylation is 4. The van der Waals surface area contributed by atoms with Crippen LogP contribution in [0.4, 0.5) is 5.69 Å². The lowest BCUT2D eigenvalue weighted by atomic mass is 10.1. The first-order chi connectivity index (χ1) is 19.4. The Morgan fingerprint density at radius 2 is 1.66 bits per heavy atom. The van der Waals surface area contributed by atoms with Crippen LogP contribution in [-0.4, -0.2) is 38.8 Å². The monoisotopic (exact) mass is 592 g/mol. The van der Waals surface area contributed by atoms with E-state index in [-0.39, 0.29) is 15.6 Å². The van der Waals surface area contributed by atoms with E-state index in [1.54, 1.807) is 24.4 Å². The number of nitrogens with one attached hydrogen (secondary N) is 1. The minimum absolute atomic E-state index is 0.0466. The lowest BCUT2D eigenvalue weighted by Crippen LogP contribution is -2.39. The zero-order valence-electron chi connectivity index (χ0n) is 23.9. The Balaban J connectivity index is 1.60. The molecule has 0 saturated heterocycles. The Morgan fingerprint density at radius 1 is 1.00 bits per heavy atom. The van der Waals surface area contributed by atoms with Crippen molar-refractivity contribution < 1.29 is 17.9 Å². The third-order valence-electron chi connectivity index (χ3n) is 6.85. The van der Waals surface area contributed by atoms with Crippen LogP contribution in [0.25, 0.3) is 5.69 Å². The predicted molar refractivity (Wildman–Crippen MR) is 164 cm³/mol. The zero-order chi connectivity index (χ0) is 29.9. The number of hydrogen-bond donors (Lipinski definition) is 1. The van der Waals surface area contributed by atoms with E-state index < -0.39 is 22.5 Å². The van der Waals surface area contributed by atoms with Crippen molar-refractivity contribution in [2.24, 2.45) is 5.10 Å². The molecule has 10 heteroatoms. The fraction of sp³-hybridized carbons (Fsp3) is 0.226. The maximum absolute atomic E-state index is 13.6. The summed E-state index contributed by atoms with van der Waals surface area (Å²) in [6, 6.07) is 19.1. The minimum Gasteiger partial charge on any atom is -0.495 e. The van der Waals surface area contributed by atoms with Gasteiger partial charge in [-0.2, -0.15) is 5.10 Å². The molecule has 41 heavy (non-hydrogen) atoms. The number of carbonyl (C=O) groups excluding carboxylic acids is 1. The fourth-order valence-corrected chi connectivity index (χ4v) is 6.39. The summed E-state index contributed by atoms with van der Waals surface area (Å²) in [7, 11) is -2.64. The number of para-hydroxylation sites is 1. The first-order valence-electron chi connectivity index (χ1n) is 12.9. The SMILES string of the molecule is COc1ccc(N(CC(=O)N/N=C\c2cc(C)n(-c3c(C)cccc3C)c2C)S(=O)(=O)c2ccc(C)cc2)cc1Cl. The van der Waals surface area contributed by atoms with Crippen LogP contribution in [0.2, 0.25) is 5.02 Å². The molecule has 1 N–H and O–H groups in total. The number of carbonyl (C=O) groups is 1. The van der Waals surface area contributed by atoms with Crippen LogP contribution in [0.15, 0.2) is 76.7 Å². The highest BCUT2D eigenvalue weighted by Gasteiger charge is 2.28. The molecular weight excluding hydrogens is 560 g/mol. The number of anilines is 1. The van der Waals surface area contributed by atoms with Gasteiger partial charge >= 0.3 is 0 Å². The summed E-state index contributed by atoms with van der Waals surface area (Å²) >= 11 is 6.30. The standard InChI is InChI=1S/C31H33ClN4O4S/c1-20-10-13-27(14-11-20)41(38,39)35(26-12-15-29(40-6)28(32)17-26)19-30(37)34-33-18-25-16-23(4)36(24(25)5)31-21(2)8-7-9-22(31)3/h7-18H,19H2,1-6H3,(H,34,37)/b33-18-. The molecule has 0 aliphatic carbocycles. The van der Waals surface area contributed by atoms with Gasteiger partial charge in [0.15, 0.2) is 0 Å². The van der Waals surface area contributed by atoms with Crippen molar-refractivity contribution in [3.05, 3.63) is 105 Å². The Kier molecular flexibility index (Phi) is 8.89. The number of amides is 1. The summed E-state index contributed by atoms with van der Waals surface area (Å²) in [6.45, 7) is 9.50. The van der Waals surface area contributed by atoms with Gasteiger partial charge in [-0.15, -0.1) is 0 Å². The number of hydrogen-bond acceptors (Lipinski definition) is 5. The number of nitrogens with zero attached hydrogens (tertiary/aromatic N) is 3. The zero-order valence-corrected chi connectivity index (χ0v) is 25.5. The molecule has 0 saturated carbocycles. The van der Waals surface area contributed by atoms with E-state index in [4.69, 9.17) is 16.3 Å². The number of sulfonamides is 1. The van der Waals surface area contributed by atoms with Gasteiger partial charge in [0.1, 0.15) is 12.3 Å². The molecule has 0 aliphatic heterocycles. The average molecular weight is 593 g/mol. The van der Waals surface area contributed by atoms with E-state index >= 15 is 0 Å². The molecule has 214 valence electrons. The lowest BCUT2D eigenvalue weighted by Gasteiger charge is -2.24. The van der Waals surface area contributed by atoms with Gasteiger partial charge in [-0.05, 0) is 82.1 Å². The number of rotatable bonds is 9. The third-order valence-corrected chi connectivity index (χ3v) is 8.93. The molecule has 1 amide bonds. The van der Waals surface area contributed by atoms with Crippen molar-refractivity contribution in [2.75, 3.05) is 18.0 Å². The molecule has 0 radical (unpaired) electrons. The highest BCUT2D eigenvalue weighted by molar-refractivity contribution is 7.92. The Hall–Kier alpha value is -4.08. The van der Waals surface area contributed by atoms with Crippen molar-refractivity contribution >= 4 is 39.4 Å². The molecule has 1 heterocycles. The maximum atomic E-state index is 13.6. The molecule has 0 aliphatic rings. The average Bonchev–Trinajstić information content (AvgIpc) is 3.20. The molecule has 1 aromatic heterocycles. The van der Waals surface area contributed by atoms with Crippen LogP contribution < -0.4 is 14.5 Å². The first-order valence-corrected chi connectivity index (χ1v) is 14.8. The highest BCUT2D eigenvalue weighted by atomic mass is 35.5. The minimum atomic E-state index is -4.11. The summed E-state index contributed by atoms with van der Waals surface area (Å²) in [5.41, 5.74) is 9.84. The van der Waals surface area contributed by atoms with Crippen molar-refractivity contribution in [3.63, 3.8) is 0 Å². The third kappa shape index (κ3) is 6.31. The van der Waals surface area contributed by atoms with Crippen LogP contribution in [0, 0.1) is 34.6 Å². The van der Waals surface area contributed by atoms with E-state index in [1.165, 1.54) is 31.4 Å². The molecule has 0 atom stereocenters. The largest absolute Gasteiger partial charge is 0.495 e. The van der Waals surface area contributed by atoms with Gasteiger partial charge in [0.25, 0.3) is 15.9 Å². The van der Waals surface area contributed by atoms with Crippen LogP contribution in [0.3, 0.4) is 0 Å². The molecular formula is C31H33ClN4O4S. The van der Waals surface area contributed by atoms with Gasteiger partial charge in [-0.3, -0.25) is 9.10 Å². The quantitative estimate of drug-likeness (QED) is 0.190. The Labute approximate surface area is 246 Å². The van der Waals surface area contributed by atoms with Crippen molar-refractivity contribution in [2.45, 2.75) is 39.5 Å². The van der Waals surface area contributed by atoms with Gasteiger partial charge in [0.2, 0.25) is 0 Å². The molecule has 0 bridgehead atoms. The second-order valence-corrected chi connectivity index (χ2v) is 12.1. The summed E-state index contributed by atoms with van der Waals surface area (Å²) in [5, 5.41) is 4.36. The van der Waals surface area contributed by atoms with Crippen molar-refractivity contribution in [1.82, 2.24) is 9.99 Å². The van der Waals surface area contributed by atoms with Crippen LogP contribution in [0.1, 0.15) is 33.6 Å². The summed E-state index contributed by atoms with van der Waals surface area (Å²) < 4.78 is 35.7. The maximum Gasteiger partial charge on any atom is 0.264 e. The van der Waals surface area contributed by atoms with Gasteiger partial charge in [-0.1, -0.05) is 47.5 Å². The van der Waals surface area contributed by atoms with E-state index in [0.29, 0.717) is 5.75 Å². The molecule has 4 aromatic rings. The second-order valence-electron chi connectivity index (χ2n) is 9.84. The molecule has 3 aromatic carbocycles. The number of hydrazone groups is 1. The van der Waals surface area contributed by atoms with Crippen LogP contribution in [0.5, 0.6) is 5.75 Å². The summed E-state index contributed by atoms with van der Waals surface area (Å²) in [5.74, 6) is -0.233. The van der Waals surface area contributed by atoms with Gasteiger partial charge in [-0.25, -0.2) is 13.8 Å². The van der Waals surface area contributed by atoms with E-state index in [9.17, 15) is 13.2 Å². The number of ether oxygens (including phenoxy) is 1. The molecule has 0 unspecified atom stereocenters. The molecule has 0 spiro atoms. The van der Waals surface area contributed by atoms with E-state index in [1.807, 2.05) is 32.9 Å². The lowest BCUT2D eigenvalue weighted by molar-refractivity contribution is -0.119. The summed E-state index contributed by atoms with van der Waals surface area (Å²) in [4.78, 5) is 13.1. The van der Waals surface area contributed by atoms with Gasteiger partial charge in [0, 0.05) is 17.0 Å². The topological polar surface area (TPSA) is 93.0 Å². The van der Waals surface area contributed by atoms with Gasteiger partial charge in [0.05, 0.1) is 34.6 Å². The number of aromatic nitrogens is 1. The Bertz CT molecular complexity index is 1710. The molecule has 8 nitrogen and oxygen atoms in total. The number of benzene rings is 3. The first kappa shape index (κ1) is 29.9. The normalized spacial score (nSPS) is 11.6. The molecule has 0 fully saturated rings. The van der Waals surface area contributed by atoms with Crippen molar-refractivity contribution in [1.29, 1.82) is 0 Å². The van der Waals surface area contributed by atoms with Crippen LogP contribution >= 0.6 is 11.6 Å². The number of halogens is 1. The predicted octanol–water partition coefficient (Wildman–Crippen LogP) is 6.03. The highest BCUT2D eigenvalue weighted by Crippen LogP contribution is 2.32. The van der Waals surface area contributed by atoms with E-state index in [0.717, 1.165) is 43.6 Å².